The van der Waals surface area contributed by atoms with Gasteiger partial charge in [0, 0.05) is 48.4 Å². The molecule has 4 aromatic rings. The predicted octanol–water partition coefficient (Wildman–Crippen LogP) is 4.24. The first-order valence-electron chi connectivity index (χ1n) is 12.6. The minimum Gasteiger partial charge on any atom is -0.345 e. The normalized spacial score (nSPS) is 17.4. The molecule has 1 atom stereocenters. The number of nitrogens with zero attached hydrogens (tertiary/aromatic N) is 4. The lowest BCUT2D eigenvalue weighted by atomic mass is 10.0. The highest BCUT2D eigenvalue weighted by molar-refractivity contribution is 7.80. The molecule has 3 aromatic carbocycles. The van der Waals surface area contributed by atoms with Gasteiger partial charge in [-0.05, 0) is 48.6 Å². The summed E-state index contributed by atoms with van der Waals surface area (Å²) >= 11 is 12.1. The van der Waals surface area contributed by atoms with Crippen LogP contribution in [0, 0.1) is 0 Å². The number of nitrogens with one attached hydrogen (secondary N) is 2. The number of hydrogen-bond acceptors (Lipinski definition) is 4. The fourth-order valence-corrected chi connectivity index (χ4v) is 5.51. The molecule has 0 saturated heterocycles. The van der Waals surface area contributed by atoms with Gasteiger partial charge in [-0.1, -0.05) is 54.1 Å². The van der Waals surface area contributed by atoms with E-state index in [-0.39, 0.29) is 11.6 Å². The van der Waals surface area contributed by atoms with Crippen LogP contribution in [0.2, 0.25) is 5.02 Å². The third-order valence-corrected chi connectivity index (χ3v) is 7.67. The maximum Gasteiger partial charge on any atom is 0.330 e. The first-order chi connectivity index (χ1) is 18.9. The van der Waals surface area contributed by atoms with Crippen LogP contribution in [0.1, 0.15) is 17.5 Å². The van der Waals surface area contributed by atoms with Crippen molar-refractivity contribution >= 4 is 63.0 Å². The maximum absolute atomic E-state index is 13.5. The number of H-pyrrole nitrogens is 1. The van der Waals surface area contributed by atoms with Gasteiger partial charge in [0.15, 0.2) is 5.11 Å². The number of imidazole rings is 1. The van der Waals surface area contributed by atoms with Crippen LogP contribution in [-0.4, -0.2) is 57.5 Å². The van der Waals surface area contributed by atoms with Crippen LogP contribution in [0.15, 0.2) is 88.7 Å². The van der Waals surface area contributed by atoms with Crippen molar-refractivity contribution < 1.29 is 4.79 Å². The predicted molar refractivity (Wildman–Crippen MR) is 159 cm³/mol. The van der Waals surface area contributed by atoms with E-state index in [4.69, 9.17) is 28.8 Å². The van der Waals surface area contributed by atoms with Gasteiger partial charge in [0.25, 0.3) is 5.91 Å². The number of thiocarbonyl (C=S) groups is 1. The first kappa shape index (κ1) is 25.1. The van der Waals surface area contributed by atoms with Crippen molar-refractivity contribution in [3.63, 3.8) is 0 Å². The van der Waals surface area contributed by atoms with Crippen LogP contribution in [0.4, 0.5) is 5.69 Å². The Kier molecular flexibility index (Phi) is 6.54. The molecular weight excluding hydrogens is 532 g/mol. The third-order valence-electron chi connectivity index (χ3n) is 7.05. The Bertz CT molecular complexity index is 1720. The monoisotopic (exact) mass is 556 g/mol. The average Bonchev–Trinajstić information content (AvgIpc) is 3.26. The summed E-state index contributed by atoms with van der Waals surface area (Å²) in [7, 11) is 1.73. The molecular formula is C29H25ClN6O2S. The van der Waals surface area contributed by atoms with E-state index in [1.165, 1.54) is 0 Å². The van der Waals surface area contributed by atoms with E-state index in [1.807, 2.05) is 77.7 Å². The summed E-state index contributed by atoms with van der Waals surface area (Å²) in [5, 5.41) is 4.17. The smallest absolute Gasteiger partial charge is 0.330 e. The van der Waals surface area contributed by atoms with Gasteiger partial charge in [0.1, 0.15) is 0 Å². The second kappa shape index (κ2) is 10.2. The fraction of sp³-hybridized carbons (Fsp3) is 0.172. The van der Waals surface area contributed by atoms with E-state index in [0.29, 0.717) is 35.4 Å². The summed E-state index contributed by atoms with van der Waals surface area (Å²) in [5.41, 5.74) is 5.42. The van der Waals surface area contributed by atoms with Crippen LogP contribution in [0.25, 0.3) is 16.7 Å². The summed E-state index contributed by atoms with van der Waals surface area (Å²) in [6.45, 7) is 1.08. The molecule has 8 nitrogen and oxygen atoms in total. The minimum absolute atomic E-state index is 0.161. The number of rotatable bonds is 3. The zero-order valence-electron chi connectivity index (χ0n) is 21.1. The molecule has 0 spiro atoms. The molecule has 2 aliphatic rings. The highest BCUT2D eigenvalue weighted by Crippen LogP contribution is 2.30. The number of likely N-dealkylation sites (N-methyl/N-ethyl adjacent to an activating group) is 1. The lowest BCUT2D eigenvalue weighted by Crippen LogP contribution is -2.51. The summed E-state index contributed by atoms with van der Waals surface area (Å²) in [6, 6.07) is 22.8. The zero-order chi connectivity index (χ0) is 27.1. The number of halogens is 1. The molecule has 196 valence electrons. The van der Waals surface area contributed by atoms with Crippen molar-refractivity contribution in [2.24, 2.45) is 4.99 Å². The Morgan fingerprint density at radius 2 is 1.85 bits per heavy atom. The van der Waals surface area contributed by atoms with Crippen molar-refractivity contribution in [3.8, 4) is 0 Å². The maximum atomic E-state index is 13.5. The SMILES string of the molecule is CN1C(=O)C(NC(=S)N2CC=C(n3c(=O)[nH]c4ccccc43)CC2)N=C(c2ccccc2)c2cc(Cl)ccc21. The van der Waals surface area contributed by atoms with Crippen LogP contribution in [0.5, 0.6) is 0 Å². The molecule has 1 aromatic heterocycles. The molecule has 10 heteroatoms. The van der Waals surface area contributed by atoms with Crippen molar-refractivity contribution in [1.29, 1.82) is 0 Å². The Morgan fingerprint density at radius 1 is 1.08 bits per heavy atom. The molecule has 0 saturated carbocycles. The number of para-hydroxylation sites is 2. The number of anilines is 1. The molecule has 0 radical (unpaired) electrons. The van der Waals surface area contributed by atoms with Gasteiger partial charge in [-0.2, -0.15) is 0 Å². The van der Waals surface area contributed by atoms with E-state index in [2.05, 4.69) is 10.3 Å². The van der Waals surface area contributed by atoms with Gasteiger partial charge >= 0.3 is 5.69 Å². The highest BCUT2D eigenvalue weighted by atomic mass is 35.5. The second-order valence-corrected chi connectivity index (χ2v) is 10.3. The zero-order valence-corrected chi connectivity index (χ0v) is 22.7. The highest BCUT2D eigenvalue weighted by Gasteiger charge is 2.31. The number of aromatic amines is 1. The quantitative estimate of drug-likeness (QED) is 0.369. The van der Waals surface area contributed by atoms with Gasteiger partial charge in [-0.25, -0.2) is 9.79 Å². The van der Waals surface area contributed by atoms with E-state index in [0.717, 1.165) is 33.5 Å². The number of hydrogen-bond donors (Lipinski definition) is 2. The topological polar surface area (TPSA) is 85.7 Å². The fourth-order valence-electron chi connectivity index (χ4n) is 5.06. The number of carbonyl (C=O) groups excluding carboxylic acids is 1. The van der Waals surface area contributed by atoms with E-state index >= 15 is 0 Å². The molecule has 0 bridgehead atoms. The van der Waals surface area contributed by atoms with Gasteiger partial charge < -0.3 is 20.1 Å². The van der Waals surface area contributed by atoms with Crippen LogP contribution in [0.3, 0.4) is 0 Å². The van der Waals surface area contributed by atoms with Crippen LogP contribution >= 0.6 is 23.8 Å². The number of benzene rings is 3. The van der Waals surface area contributed by atoms with Crippen LogP contribution < -0.4 is 15.9 Å². The summed E-state index contributed by atoms with van der Waals surface area (Å²) in [6.07, 6.45) is 1.69. The van der Waals surface area contributed by atoms with Crippen molar-refractivity contribution in [2.45, 2.75) is 12.6 Å². The molecule has 39 heavy (non-hydrogen) atoms. The molecule has 0 aliphatic carbocycles. The molecule has 1 unspecified atom stereocenters. The second-order valence-electron chi connectivity index (χ2n) is 9.43. The Labute approximate surface area is 235 Å². The van der Waals surface area contributed by atoms with Crippen LogP contribution in [-0.2, 0) is 4.79 Å². The number of aliphatic imine (C=N–C) groups is 1. The third kappa shape index (κ3) is 4.64. The largest absolute Gasteiger partial charge is 0.345 e. The summed E-state index contributed by atoms with van der Waals surface area (Å²) in [4.78, 5) is 37.5. The lowest BCUT2D eigenvalue weighted by molar-refractivity contribution is -0.119. The molecule has 0 fully saturated rings. The molecule has 1 amide bonds. The van der Waals surface area contributed by atoms with Gasteiger partial charge in [-0.15, -0.1) is 0 Å². The van der Waals surface area contributed by atoms with Gasteiger partial charge in [0.2, 0.25) is 6.17 Å². The molecule has 3 heterocycles. The lowest BCUT2D eigenvalue weighted by Gasteiger charge is -2.31. The number of benzodiazepines with no additional fused rings is 1. The minimum atomic E-state index is -0.925. The Balaban J connectivity index is 1.28. The summed E-state index contributed by atoms with van der Waals surface area (Å²) in [5.74, 6) is -0.231. The van der Waals surface area contributed by atoms with Crippen molar-refractivity contribution in [2.75, 3.05) is 25.0 Å². The average molecular weight is 557 g/mol. The van der Waals surface area contributed by atoms with E-state index < -0.39 is 6.17 Å². The van der Waals surface area contributed by atoms with Gasteiger partial charge in [0.05, 0.1) is 22.4 Å². The number of amides is 1. The Hall–Kier alpha value is -4.21. The molecule has 2 N–H and O–H groups in total. The number of carbonyl (C=O) groups is 1. The van der Waals surface area contributed by atoms with Crippen molar-refractivity contribution in [1.82, 2.24) is 19.8 Å². The summed E-state index contributed by atoms with van der Waals surface area (Å²) < 4.78 is 1.71. The standard InChI is InChI=1S/C29H25ClN6O2S/c1-34-23-12-11-19(30)17-21(23)25(18-7-3-2-4-8-18)32-26(27(34)37)33-29(39)35-15-13-20(14-16-35)36-24-10-6-5-9-22(24)31-28(36)38/h2-13,17,26H,14-16H2,1H3,(H,31,38)(H,33,39). The molecule has 2 aliphatic heterocycles. The number of aromatic nitrogens is 2. The van der Waals surface area contributed by atoms with Crippen molar-refractivity contribution in [3.05, 3.63) is 106 Å². The first-order valence-corrected chi connectivity index (χ1v) is 13.3. The molecule has 6 rings (SSSR count). The van der Waals surface area contributed by atoms with E-state index in [9.17, 15) is 9.59 Å². The van der Waals surface area contributed by atoms with E-state index in [1.54, 1.807) is 22.6 Å². The Morgan fingerprint density at radius 3 is 2.62 bits per heavy atom. The van der Waals surface area contributed by atoms with Gasteiger partial charge in [-0.3, -0.25) is 9.36 Å². The number of fused-ring (bicyclic) bond motifs is 2.